The van der Waals surface area contributed by atoms with Crippen molar-refractivity contribution in [3.8, 4) is 0 Å². The van der Waals surface area contributed by atoms with Gasteiger partial charge in [0.1, 0.15) is 6.04 Å². The van der Waals surface area contributed by atoms with Gasteiger partial charge in [-0.25, -0.2) is 0 Å². The molecule has 3 amide bonds. The van der Waals surface area contributed by atoms with E-state index in [2.05, 4.69) is 47.5 Å². The molecule has 0 aliphatic carbocycles. The third-order valence-corrected chi connectivity index (χ3v) is 9.59. The first-order chi connectivity index (χ1) is 27.3. The molecule has 0 saturated carbocycles. The molecule has 0 unspecified atom stereocenters. The van der Waals surface area contributed by atoms with Gasteiger partial charge in [0.05, 0.1) is 17.8 Å². The topological polar surface area (TPSA) is 166 Å². The molecule has 12 heteroatoms. The maximum absolute atomic E-state index is 14.1. The second-order valence-electron chi connectivity index (χ2n) is 13.1. The number of nitrogens with one attached hydrogen (secondary N) is 6. The van der Waals surface area contributed by atoms with Gasteiger partial charge in [-0.05, 0) is 89.1 Å². The Kier molecular flexibility index (Phi) is 11.7. The lowest BCUT2D eigenvalue weighted by molar-refractivity contribution is -0.122. The quantitative estimate of drug-likeness (QED) is 0.0287. The van der Waals surface area contributed by atoms with Crippen LogP contribution < -0.4 is 32.3 Å². The van der Waals surface area contributed by atoms with Crippen LogP contribution in [-0.2, 0) is 11.2 Å². The van der Waals surface area contributed by atoms with Crippen LogP contribution in [0, 0.1) is 0 Å². The summed E-state index contributed by atoms with van der Waals surface area (Å²) in [5.41, 5.74) is 10.9. The predicted molar refractivity (Wildman–Crippen MR) is 229 cm³/mol. The molecule has 0 fully saturated rings. The number of rotatable bonds is 12. The Hall–Kier alpha value is -6.92. The molecule has 1 atom stereocenters. The fourth-order valence-corrected chi connectivity index (χ4v) is 6.61. The monoisotopic (exact) mass is 806 g/mol. The van der Waals surface area contributed by atoms with Gasteiger partial charge < -0.3 is 37.3 Å². The third-order valence-electron chi connectivity index (χ3n) is 9.10. The number of nitrogen functional groups attached to an aromatic ring is 1. The summed E-state index contributed by atoms with van der Waals surface area (Å²) in [6.07, 6.45) is 2.05. The maximum atomic E-state index is 14.1. The number of anilines is 4. The number of nitrogens with zero attached hydrogens (tertiary/aromatic N) is 1. The molecule has 7 aromatic rings. The zero-order chi connectivity index (χ0) is 38.9. The molecule has 0 aliphatic heterocycles. The Bertz CT molecular complexity index is 2540. The number of hydrogen-bond donors (Lipinski definition) is 7. The van der Waals surface area contributed by atoms with E-state index in [-0.39, 0.29) is 36.9 Å². The van der Waals surface area contributed by atoms with E-state index in [0.29, 0.717) is 27.4 Å². The SMILES string of the molecule is Nc1ccc(NC(=NCCNC(=O)[C@H](Cc2c[nH]c3ccccc23)NC(=O)c2cc(Br)ccc2NC(=O)c2ccc3ccccc3c2)Nc2ccccc2)cc1. The highest BCUT2D eigenvalue weighted by atomic mass is 79.9. The molecule has 0 radical (unpaired) electrons. The first-order valence-corrected chi connectivity index (χ1v) is 18.8. The number of fused-ring (bicyclic) bond motifs is 2. The molecule has 6 aromatic carbocycles. The van der Waals surface area contributed by atoms with Crippen molar-refractivity contribution < 1.29 is 14.4 Å². The average molecular weight is 808 g/mol. The summed E-state index contributed by atoms with van der Waals surface area (Å²) in [5, 5.41) is 18.3. The van der Waals surface area contributed by atoms with Crippen molar-refractivity contribution in [3.05, 3.63) is 167 Å². The van der Waals surface area contributed by atoms with Crippen molar-refractivity contribution >= 4 is 84.0 Å². The van der Waals surface area contributed by atoms with Gasteiger partial charge in [0.2, 0.25) is 5.91 Å². The minimum atomic E-state index is -0.969. The van der Waals surface area contributed by atoms with Gasteiger partial charge in [-0.15, -0.1) is 0 Å². The number of para-hydroxylation sites is 2. The number of aliphatic imine (C=N–C) groups is 1. The van der Waals surface area contributed by atoms with Crippen molar-refractivity contribution in [3.63, 3.8) is 0 Å². The van der Waals surface area contributed by atoms with Crippen molar-refractivity contribution in [1.82, 2.24) is 15.6 Å². The summed E-state index contributed by atoms with van der Waals surface area (Å²) in [5.74, 6) is -0.806. The number of H-pyrrole nitrogens is 1. The minimum Gasteiger partial charge on any atom is -0.399 e. The summed E-state index contributed by atoms with van der Waals surface area (Å²) < 4.78 is 0.634. The molecule has 56 heavy (non-hydrogen) atoms. The third kappa shape index (κ3) is 9.41. The number of amides is 3. The van der Waals surface area contributed by atoms with E-state index in [4.69, 9.17) is 10.7 Å². The van der Waals surface area contributed by atoms with Gasteiger partial charge in [-0.1, -0.05) is 82.7 Å². The Morgan fingerprint density at radius 2 is 1.43 bits per heavy atom. The number of benzene rings is 6. The molecule has 7 rings (SSSR count). The van der Waals surface area contributed by atoms with Crippen LogP contribution in [0.2, 0.25) is 0 Å². The van der Waals surface area contributed by atoms with E-state index in [1.165, 1.54) is 0 Å². The van der Waals surface area contributed by atoms with E-state index < -0.39 is 11.9 Å². The van der Waals surface area contributed by atoms with Crippen LogP contribution in [0.4, 0.5) is 22.7 Å². The molecule has 11 nitrogen and oxygen atoms in total. The van der Waals surface area contributed by atoms with Crippen LogP contribution in [0.5, 0.6) is 0 Å². The maximum Gasteiger partial charge on any atom is 0.255 e. The van der Waals surface area contributed by atoms with Crippen LogP contribution >= 0.6 is 15.9 Å². The predicted octanol–water partition coefficient (Wildman–Crippen LogP) is 7.96. The normalized spacial score (nSPS) is 11.8. The first kappa shape index (κ1) is 37.4. The summed E-state index contributed by atoms with van der Waals surface area (Å²) in [6, 6.07) is 41.9. The van der Waals surface area contributed by atoms with Crippen molar-refractivity contribution in [1.29, 1.82) is 0 Å². The van der Waals surface area contributed by atoms with E-state index in [0.717, 1.165) is 38.6 Å². The Labute approximate surface area is 331 Å². The Morgan fingerprint density at radius 1 is 0.714 bits per heavy atom. The second kappa shape index (κ2) is 17.5. The van der Waals surface area contributed by atoms with Gasteiger partial charge in [0.25, 0.3) is 11.8 Å². The van der Waals surface area contributed by atoms with Crippen molar-refractivity contribution in [2.45, 2.75) is 12.5 Å². The van der Waals surface area contributed by atoms with Crippen LogP contribution in [0.1, 0.15) is 26.3 Å². The highest BCUT2D eigenvalue weighted by Crippen LogP contribution is 2.24. The number of guanidine groups is 1. The zero-order valence-electron chi connectivity index (χ0n) is 30.2. The Balaban J connectivity index is 1.09. The number of hydrogen-bond acceptors (Lipinski definition) is 5. The molecule has 1 aromatic heterocycles. The highest BCUT2D eigenvalue weighted by Gasteiger charge is 2.25. The lowest BCUT2D eigenvalue weighted by Gasteiger charge is -2.20. The molecular weight excluding hydrogens is 768 g/mol. The lowest BCUT2D eigenvalue weighted by atomic mass is 10.0. The highest BCUT2D eigenvalue weighted by molar-refractivity contribution is 9.10. The molecule has 0 bridgehead atoms. The molecule has 8 N–H and O–H groups in total. The smallest absolute Gasteiger partial charge is 0.255 e. The molecule has 0 saturated heterocycles. The Morgan fingerprint density at radius 3 is 2.23 bits per heavy atom. The van der Waals surface area contributed by atoms with E-state index in [9.17, 15) is 14.4 Å². The number of nitrogens with two attached hydrogens (primary N) is 1. The van der Waals surface area contributed by atoms with Gasteiger partial charge in [-0.3, -0.25) is 19.4 Å². The van der Waals surface area contributed by atoms with Crippen LogP contribution in [-0.4, -0.2) is 47.8 Å². The van der Waals surface area contributed by atoms with Gasteiger partial charge >= 0.3 is 0 Å². The number of aromatic amines is 1. The fraction of sp³-hybridized carbons (Fsp3) is 0.0909. The molecule has 0 spiro atoms. The average Bonchev–Trinajstić information content (AvgIpc) is 3.63. The summed E-state index contributed by atoms with van der Waals surface area (Å²) >= 11 is 3.47. The largest absolute Gasteiger partial charge is 0.399 e. The van der Waals surface area contributed by atoms with E-state index >= 15 is 0 Å². The molecule has 280 valence electrons. The van der Waals surface area contributed by atoms with Crippen LogP contribution in [0.3, 0.4) is 0 Å². The van der Waals surface area contributed by atoms with Crippen LogP contribution in [0.15, 0.2) is 155 Å². The zero-order valence-corrected chi connectivity index (χ0v) is 31.8. The van der Waals surface area contributed by atoms with Crippen LogP contribution in [0.25, 0.3) is 21.7 Å². The van der Waals surface area contributed by atoms with Gasteiger partial charge in [0, 0.05) is 57.2 Å². The summed E-state index contributed by atoms with van der Waals surface area (Å²) in [4.78, 5) is 49.4. The lowest BCUT2D eigenvalue weighted by Crippen LogP contribution is -2.48. The first-order valence-electron chi connectivity index (χ1n) is 18.0. The van der Waals surface area contributed by atoms with Gasteiger partial charge in [0.15, 0.2) is 5.96 Å². The second-order valence-corrected chi connectivity index (χ2v) is 14.0. The molecular formula is C44H39BrN8O3. The number of halogens is 1. The molecule has 1 heterocycles. The standard InChI is InChI=1S/C44H39BrN8O3/c45-32-16-21-39(52-41(54)30-15-14-28-8-4-5-9-29(28)24-30)37(26-32)42(55)53-40(25-31-27-49-38-13-7-6-12-36(31)38)43(56)47-22-23-48-44(50-34-10-2-1-3-11-34)51-35-19-17-33(46)18-20-35/h1-21,24,26-27,40,49H,22-23,25,46H2,(H,47,56)(H,52,54)(H,53,55)(H2,48,50,51)/t40-/m0/s1. The summed E-state index contributed by atoms with van der Waals surface area (Å²) in [6.45, 7) is 0.416. The fourth-order valence-electron chi connectivity index (χ4n) is 6.25. The van der Waals surface area contributed by atoms with Crippen molar-refractivity contribution in [2.75, 3.05) is 34.8 Å². The van der Waals surface area contributed by atoms with E-state index in [1.807, 2.05) is 109 Å². The summed E-state index contributed by atoms with van der Waals surface area (Å²) in [7, 11) is 0. The number of carbonyl (C=O) groups is 3. The minimum absolute atomic E-state index is 0.187. The molecule has 0 aliphatic rings. The number of carbonyl (C=O) groups excluding carboxylic acids is 3. The number of aromatic nitrogens is 1. The van der Waals surface area contributed by atoms with Gasteiger partial charge in [-0.2, -0.15) is 0 Å². The van der Waals surface area contributed by atoms with E-state index in [1.54, 1.807) is 36.4 Å². The van der Waals surface area contributed by atoms with Crippen molar-refractivity contribution in [2.24, 2.45) is 4.99 Å².